The Balaban J connectivity index is 1.43. The van der Waals surface area contributed by atoms with Crippen LogP contribution in [0.1, 0.15) is 17.2 Å². The Morgan fingerprint density at radius 1 is 1.00 bits per heavy atom. The Kier molecular flexibility index (Phi) is 4.24. The topological polar surface area (TPSA) is 28.6 Å². The van der Waals surface area contributed by atoms with Gasteiger partial charge in [-0.15, -0.1) is 0 Å². The highest BCUT2D eigenvalue weighted by Crippen LogP contribution is 2.45. The van der Waals surface area contributed by atoms with E-state index in [-0.39, 0.29) is 0 Å². The summed E-state index contributed by atoms with van der Waals surface area (Å²) < 4.78 is 5.34. The number of fused-ring (bicyclic) bond motifs is 2. The van der Waals surface area contributed by atoms with Crippen LogP contribution in [0.25, 0.3) is 10.9 Å². The lowest BCUT2D eigenvalue weighted by molar-refractivity contribution is 0.279. The van der Waals surface area contributed by atoms with Crippen LogP contribution in [0, 0.1) is 18.8 Å². The lowest BCUT2D eigenvalue weighted by atomic mass is 9.89. The average molecular weight is 374 g/mol. The van der Waals surface area contributed by atoms with E-state index in [2.05, 4.69) is 78.4 Å². The second-order valence-corrected chi connectivity index (χ2v) is 8.30. The van der Waals surface area contributed by atoms with Crippen LogP contribution < -0.4 is 9.64 Å². The zero-order valence-electron chi connectivity index (χ0n) is 16.8. The van der Waals surface area contributed by atoms with Crippen LogP contribution in [0.3, 0.4) is 0 Å². The van der Waals surface area contributed by atoms with E-state index in [0.717, 1.165) is 36.7 Å². The zero-order chi connectivity index (χ0) is 19.3. The van der Waals surface area contributed by atoms with Gasteiger partial charge in [0.2, 0.25) is 0 Å². The molecular weight excluding hydrogens is 346 g/mol. The van der Waals surface area contributed by atoms with Crippen LogP contribution in [0.2, 0.25) is 0 Å². The van der Waals surface area contributed by atoms with E-state index >= 15 is 0 Å². The van der Waals surface area contributed by atoms with Gasteiger partial charge in [0.15, 0.2) is 0 Å². The fourth-order valence-corrected chi connectivity index (χ4v) is 5.24. The number of hydrogen-bond donors (Lipinski definition) is 0. The van der Waals surface area contributed by atoms with Gasteiger partial charge in [-0.25, -0.2) is 4.98 Å². The minimum absolute atomic E-state index is 0.461. The molecule has 3 heterocycles. The van der Waals surface area contributed by atoms with Gasteiger partial charge in [0, 0.05) is 37.0 Å². The highest BCUT2D eigenvalue weighted by molar-refractivity contribution is 5.83. The third kappa shape index (κ3) is 2.83. The monoisotopic (exact) mass is 373 g/mol. The molecule has 1 aromatic heterocycles. The summed E-state index contributed by atoms with van der Waals surface area (Å²) in [5.74, 6) is 3.37. The van der Waals surface area contributed by atoms with E-state index in [1.54, 1.807) is 7.11 Å². The van der Waals surface area contributed by atoms with Crippen LogP contribution in [0.4, 0.5) is 5.82 Å². The number of para-hydroxylation sites is 1. The molecule has 2 aromatic carbocycles. The van der Waals surface area contributed by atoms with Crippen molar-refractivity contribution in [3.8, 4) is 5.75 Å². The van der Waals surface area contributed by atoms with Crippen molar-refractivity contribution in [3.05, 3.63) is 65.7 Å². The number of rotatable bonds is 3. The maximum Gasteiger partial charge on any atom is 0.129 e. The maximum absolute atomic E-state index is 5.34. The van der Waals surface area contributed by atoms with Crippen molar-refractivity contribution in [1.29, 1.82) is 0 Å². The third-order valence-corrected chi connectivity index (χ3v) is 6.59. The molecule has 0 radical (unpaired) electrons. The summed E-state index contributed by atoms with van der Waals surface area (Å²) in [5, 5.41) is 1.25. The third-order valence-electron chi connectivity index (χ3n) is 6.59. The number of anilines is 1. The Hall–Kier alpha value is -2.59. The standard InChI is InChI=1S/C24H27N3O/c1-16-12-23(25-22-7-5-4-6-20(16)22)27-14-18-13-26(2)24(21(18)15-27)17-8-10-19(28-3)11-9-17/h4-12,18,21,24H,13-15H2,1-3H3/t18-,21+,24-/m0/s1. The molecule has 0 N–H and O–H groups in total. The molecule has 2 saturated heterocycles. The van der Waals surface area contributed by atoms with Gasteiger partial charge in [0.25, 0.3) is 0 Å². The van der Waals surface area contributed by atoms with Crippen LogP contribution >= 0.6 is 0 Å². The van der Waals surface area contributed by atoms with Crippen molar-refractivity contribution >= 4 is 16.7 Å². The van der Waals surface area contributed by atoms with E-state index in [4.69, 9.17) is 9.72 Å². The Morgan fingerprint density at radius 3 is 2.57 bits per heavy atom. The fourth-order valence-electron chi connectivity index (χ4n) is 5.24. The molecule has 0 spiro atoms. The summed E-state index contributed by atoms with van der Waals surface area (Å²) in [5.41, 5.74) is 3.79. The number of likely N-dealkylation sites (tertiary alicyclic amines) is 1. The first kappa shape index (κ1) is 17.5. The summed E-state index contributed by atoms with van der Waals surface area (Å²) in [7, 11) is 3.98. The Bertz CT molecular complexity index is 1000. The van der Waals surface area contributed by atoms with Crippen LogP contribution in [0.5, 0.6) is 5.75 Å². The summed E-state index contributed by atoms with van der Waals surface area (Å²) in [6, 6.07) is 19.8. The Labute approximate surface area is 166 Å². The van der Waals surface area contributed by atoms with Gasteiger partial charge in [0.1, 0.15) is 11.6 Å². The molecule has 0 bridgehead atoms. The molecule has 3 atom stereocenters. The van der Waals surface area contributed by atoms with Gasteiger partial charge in [0.05, 0.1) is 12.6 Å². The second kappa shape index (κ2) is 6.78. The minimum Gasteiger partial charge on any atom is -0.497 e. The van der Waals surface area contributed by atoms with E-state index < -0.39 is 0 Å². The normalized spacial score (nSPS) is 24.7. The van der Waals surface area contributed by atoms with Gasteiger partial charge >= 0.3 is 0 Å². The second-order valence-electron chi connectivity index (χ2n) is 8.30. The van der Waals surface area contributed by atoms with E-state index in [1.165, 1.54) is 16.5 Å². The molecule has 144 valence electrons. The molecule has 0 unspecified atom stereocenters. The number of benzene rings is 2. The van der Waals surface area contributed by atoms with E-state index in [1.807, 2.05) is 0 Å². The van der Waals surface area contributed by atoms with Crippen molar-refractivity contribution in [2.24, 2.45) is 11.8 Å². The Morgan fingerprint density at radius 2 is 1.79 bits per heavy atom. The molecule has 28 heavy (non-hydrogen) atoms. The SMILES string of the molecule is COc1ccc([C@H]2[C@@H]3CN(c4cc(C)c5ccccc5n4)C[C@@H]3CN2C)cc1. The van der Waals surface area contributed by atoms with Crippen molar-refractivity contribution < 1.29 is 4.74 Å². The van der Waals surface area contributed by atoms with E-state index in [0.29, 0.717) is 17.9 Å². The highest BCUT2D eigenvalue weighted by Gasteiger charge is 2.46. The van der Waals surface area contributed by atoms with Crippen LogP contribution in [-0.4, -0.2) is 43.7 Å². The quantitative estimate of drug-likeness (QED) is 0.685. The molecule has 2 aliphatic rings. The van der Waals surface area contributed by atoms with E-state index in [9.17, 15) is 0 Å². The minimum atomic E-state index is 0.461. The molecular formula is C24H27N3O. The molecule has 0 aliphatic carbocycles. The van der Waals surface area contributed by atoms with Crippen LogP contribution in [0.15, 0.2) is 54.6 Å². The number of nitrogens with zero attached hydrogens (tertiary/aromatic N) is 3. The van der Waals surface area contributed by atoms with Gasteiger partial charge in [-0.3, -0.25) is 4.90 Å². The average Bonchev–Trinajstić information content (AvgIpc) is 3.25. The first-order chi connectivity index (χ1) is 13.6. The number of aromatic nitrogens is 1. The lowest BCUT2D eigenvalue weighted by Gasteiger charge is -2.27. The molecule has 2 fully saturated rings. The summed E-state index contributed by atoms with van der Waals surface area (Å²) in [6.07, 6.45) is 0. The molecule has 5 rings (SSSR count). The molecule has 3 aromatic rings. The predicted molar refractivity (Wildman–Crippen MR) is 114 cm³/mol. The number of hydrogen-bond acceptors (Lipinski definition) is 4. The largest absolute Gasteiger partial charge is 0.497 e. The molecule has 4 nitrogen and oxygen atoms in total. The van der Waals surface area contributed by atoms with Crippen molar-refractivity contribution in [1.82, 2.24) is 9.88 Å². The molecule has 2 aliphatic heterocycles. The maximum atomic E-state index is 5.34. The first-order valence-corrected chi connectivity index (χ1v) is 10.1. The van der Waals surface area contributed by atoms with Crippen molar-refractivity contribution in [2.75, 3.05) is 38.7 Å². The summed E-state index contributed by atoms with van der Waals surface area (Å²) in [6.45, 7) is 5.49. The van der Waals surface area contributed by atoms with Crippen LogP contribution in [-0.2, 0) is 0 Å². The lowest BCUT2D eigenvalue weighted by Crippen LogP contribution is -2.29. The van der Waals surface area contributed by atoms with Gasteiger partial charge in [-0.2, -0.15) is 0 Å². The number of methoxy groups -OCH3 is 1. The van der Waals surface area contributed by atoms with Crippen molar-refractivity contribution in [3.63, 3.8) is 0 Å². The molecule has 0 amide bonds. The number of ether oxygens (including phenoxy) is 1. The van der Waals surface area contributed by atoms with Crippen molar-refractivity contribution in [2.45, 2.75) is 13.0 Å². The summed E-state index contributed by atoms with van der Waals surface area (Å²) in [4.78, 5) is 10.0. The molecule has 0 saturated carbocycles. The highest BCUT2D eigenvalue weighted by atomic mass is 16.5. The van der Waals surface area contributed by atoms with Gasteiger partial charge in [-0.05, 0) is 55.3 Å². The number of aryl methyl sites for hydroxylation is 1. The summed E-state index contributed by atoms with van der Waals surface area (Å²) >= 11 is 0. The molecule has 4 heteroatoms. The smallest absolute Gasteiger partial charge is 0.129 e. The van der Waals surface area contributed by atoms with Gasteiger partial charge < -0.3 is 9.64 Å². The zero-order valence-corrected chi connectivity index (χ0v) is 16.8. The van der Waals surface area contributed by atoms with Gasteiger partial charge in [-0.1, -0.05) is 30.3 Å². The number of pyridine rings is 1. The predicted octanol–water partition coefficient (Wildman–Crippen LogP) is 4.29. The first-order valence-electron chi connectivity index (χ1n) is 10.1. The fraction of sp³-hybridized carbons (Fsp3) is 0.375.